The number of thiophene rings is 1. The van der Waals surface area contributed by atoms with Crippen molar-refractivity contribution >= 4 is 50.0 Å². The quantitative estimate of drug-likeness (QED) is 0.616. The topological polar surface area (TPSA) is 37.6 Å². The number of carbonyl (C=O) groups is 1. The molecule has 6 heteroatoms. The van der Waals surface area contributed by atoms with Crippen molar-refractivity contribution in [2.24, 2.45) is 0 Å². The number of nitrogens with zero attached hydrogens (tertiary/aromatic N) is 2. The lowest BCUT2D eigenvalue weighted by molar-refractivity contribution is -0.858. The number of benzene rings is 1. The lowest BCUT2D eigenvalue weighted by Gasteiger charge is -2.18. The zero-order valence-electron chi connectivity index (χ0n) is 16.3. The first kappa shape index (κ1) is 19.7. The highest BCUT2D eigenvalue weighted by molar-refractivity contribution is 7.22. The van der Waals surface area contributed by atoms with E-state index in [1.54, 1.807) is 28.7 Å². The van der Waals surface area contributed by atoms with Gasteiger partial charge in [-0.05, 0) is 48.6 Å². The monoisotopic (exact) mass is 400 g/mol. The van der Waals surface area contributed by atoms with Crippen LogP contribution in [0.4, 0.5) is 5.13 Å². The third-order valence-electron chi connectivity index (χ3n) is 4.56. The maximum atomic E-state index is 12.9. The SMILES string of the molecule is Cc1ccc2sc(N(CCC[NH+](C)C)C(=O)/C=C/c3cccs3)nc2c1C. The summed E-state index contributed by atoms with van der Waals surface area (Å²) in [4.78, 5) is 22.1. The first-order valence-corrected chi connectivity index (χ1v) is 10.8. The average Bonchev–Trinajstić information content (AvgIpc) is 3.29. The minimum atomic E-state index is -0.00872. The normalized spacial score (nSPS) is 11.7. The van der Waals surface area contributed by atoms with E-state index < -0.39 is 0 Å². The van der Waals surface area contributed by atoms with Gasteiger partial charge in [0.25, 0.3) is 5.91 Å². The van der Waals surface area contributed by atoms with Gasteiger partial charge < -0.3 is 4.90 Å². The van der Waals surface area contributed by atoms with Crippen LogP contribution in [0.1, 0.15) is 22.4 Å². The minimum absolute atomic E-state index is 0.00872. The molecule has 1 aromatic carbocycles. The number of aryl methyl sites for hydroxylation is 2. The lowest BCUT2D eigenvalue weighted by Crippen LogP contribution is -3.05. The molecular weight excluding hydrogens is 374 g/mol. The summed E-state index contributed by atoms with van der Waals surface area (Å²) in [5.74, 6) is -0.00872. The van der Waals surface area contributed by atoms with Crippen molar-refractivity contribution < 1.29 is 9.69 Å². The van der Waals surface area contributed by atoms with E-state index in [2.05, 4.69) is 40.1 Å². The van der Waals surface area contributed by atoms with Crippen LogP contribution in [0.15, 0.2) is 35.7 Å². The summed E-state index contributed by atoms with van der Waals surface area (Å²) in [7, 11) is 4.26. The molecule has 3 rings (SSSR count). The summed E-state index contributed by atoms with van der Waals surface area (Å²) in [6.07, 6.45) is 4.49. The van der Waals surface area contributed by atoms with Gasteiger partial charge in [0.2, 0.25) is 0 Å². The van der Waals surface area contributed by atoms with Crippen molar-refractivity contribution in [3.63, 3.8) is 0 Å². The first-order valence-electron chi connectivity index (χ1n) is 9.14. The summed E-state index contributed by atoms with van der Waals surface area (Å²) in [5.41, 5.74) is 3.42. The second kappa shape index (κ2) is 8.78. The van der Waals surface area contributed by atoms with E-state index >= 15 is 0 Å². The van der Waals surface area contributed by atoms with Gasteiger partial charge in [-0.15, -0.1) is 11.3 Å². The van der Waals surface area contributed by atoms with Crippen molar-refractivity contribution in [1.29, 1.82) is 0 Å². The molecule has 3 aromatic rings. The molecule has 0 aliphatic heterocycles. The lowest BCUT2D eigenvalue weighted by atomic mass is 10.1. The molecule has 27 heavy (non-hydrogen) atoms. The van der Waals surface area contributed by atoms with Crippen LogP contribution in [0.3, 0.4) is 0 Å². The van der Waals surface area contributed by atoms with Crippen LogP contribution in [-0.4, -0.2) is 38.1 Å². The van der Waals surface area contributed by atoms with Crippen LogP contribution in [0.25, 0.3) is 16.3 Å². The van der Waals surface area contributed by atoms with E-state index in [0.29, 0.717) is 6.54 Å². The van der Waals surface area contributed by atoms with Crippen LogP contribution in [0.2, 0.25) is 0 Å². The predicted octanol–water partition coefficient (Wildman–Crippen LogP) is 3.56. The van der Waals surface area contributed by atoms with Crippen molar-refractivity contribution in [3.8, 4) is 0 Å². The molecule has 0 aliphatic rings. The number of nitrogens with one attached hydrogen (secondary N) is 1. The van der Waals surface area contributed by atoms with Crippen LogP contribution in [0, 0.1) is 13.8 Å². The number of rotatable bonds is 7. The molecule has 0 saturated heterocycles. The number of aromatic nitrogens is 1. The largest absolute Gasteiger partial charge is 0.340 e. The minimum Gasteiger partial charge on any atom is -0.340 e. The first-order chi connectivity index (χ1) is 13.0. The number of thiazole rings is 1. The van der Waals surface area contributed by atoms with Crippen LogP contribution < -0.4 is 9.80 Å². The van der Waals surface area contributed by atoms with Crippen LogP contribution >= 0.6 is 22.7 Å². The maximum Gasteiger partial charge on any atom is 0.252 e. The van der Waals surface area contributed by atoms with Gasteiger partial charge in [-0.1, -0.05) is 23.5 Å². The molecule has 0 fully saturated rings. The summed E-state index contributed by atoms with van der Waals surface area (Å²) in [5, 5.41) is 2.80. The smallest absolute Gasteiger partial charge is 0.252 e. The van der Waals surface area contributed by atoms with Gasteiger partial charge >= 0.3 is 0 Å². The molecule has 0 atom stereocenters. The fourth-order valence-electron chi connectivity index (χ4n) is 2.85. The number of anilines is 1. The maximum absolute atomic E-state index is 12.9. The fraction of sp³-hybridized carbons (Fsp3) is 0.333. The molecular formula is C21H26N3OS2+. The van der Waals surface area contributed by atoms with Gasteiger partial charge in [0.05, 0.1) is 30.9 Å². The third-order valence-corrected chi connectivity index (χ3v) is 6.44. The van der Waals surface area contributed by atoms with E-state index in [4.69, 9.17) is 4.98 Å². The molecule has 142 valence electrons. The fourth-order valence-corrected chi connectivity index (χ4v) is 4.52. The Balaban J connectivity index is 1.89. The molecule has 2 aromatic heterocycles. The second-order valence-electron chi connectivity index (χ2n) is 7.00. The Bertz CT molecular complexity index is 942. The number of fused-ring (bicyclic) bond motifs is 1. The summed E-state index contributed by atoms with van der Waals surface area (Å²) >= 11 is 3.22. The molecule has 2 heterocycles. The molecule has 0 spiro atoms. The van der Waals surface area contributed by atoms with Crippen molar-refractivity contribution in [2.75, 3.05) is 32.1 Å². The van der Waals surface area contributed by atoms with E-state index in [1.165, 1.54) is 16.0 Å². The average molecular weight is 401 g/mol. The van der Waals surface area contributed by atoms with Crippen LogP contribution in [-0.2, 0) is 4.79 Å². The van der Waals surface area contributed by atoms with Crippen molar-refractivity contribution in [1.82, 2.24) is 4.98 Å². The molecule has 1 amide bonds. The summed E-state index contributed by atoms with van der Waals surface area (Å²) in [6, 6.07) is 8.23. The number of quaternary nitrogens is 1. The Morgan fingerprint density at radius 1 is 1.26 bits per heavy atom. The Morgan fingerprint density at radius 2 is 2.07 bits per heavy atom. The van der Waals surface area contributed by atoms with Crippen molar-refractivity contribution in [2.45, 2.75) is 20.3 Å². The van der Waals surface area contributed by atoms with Gasteiger partial charge in [-0.3, -0.25) is 9.69 Å². The number of amides is 1. The highest BCUT2D eigenvalue weighted by Crippen LogP contribution is 2.32. The van der Waals surface area contributed by atoms with Gasteiger partial charge in [0.1, 0.15) is 0 Å². The van der Waals surface area contributed by atoms with Gasteiger partial charge in [-0.25, -0.2) is 4.98 Å². The zero-order valence-corrected chi connectivity index (χ0v) is 17.9. The second-order valence-corrected chi connectivity index (χ2v) is 8.99. The van der Waals surface area contributed by atoms with Gasteiger partial charge in [-0.2, -0.15) is 0 Å². The zero-order chi connectivity index (χ0) is 19.4. The number of carbonyl (C=O) groups excluding carboxylic acids is 1. The van der Waals surface area contributed by atoms with Crippen molar-refractivity contribution in [3.05, 3.63) is 51.7 Å². The molecule has 0 saturated carbocycles. The number of hydrogen-bond donors (Lipinski definition) is 1. The molecule has 0 bridgehead atoms. The van der Waals surface area contributed by atoms with Gasteiger partial charge in [0, 0.05) is 23.9 Å². The third kappa shape index (κ3) is 4.83. The highest BCUT2D eigenvalue weighted by Gasteiger charge is 2.19. The molecule has 0 aliphatic carbocycles. The van der Waals surface area contributed by atoms with E-state index in [-0.39, 0.29) is 5.91 Å². The molecule has 1 N–H and O–H groups in total. The standard InChI is InChI=1S/C21H25N3OS2/c1-15-8-10-18-20(16(15)2)22-21(27-18)24(13-6-12-23(3)4)19(25)11-9-17-7-5-14-26-17/h5,7-11,14H,6,12-13H2,1-4H3/p+1/b11-9+. The highest BCUT2D eigenvalue weighted by atomic mass is 32.1. The molecule has 0 unspecified atom stereocenters. The van der Waals surface area contributed by atoms with Crippen LogP contribution in [0.5, 0.6) is 0 Å². The molecule has 0 radical (unpaired) electrons. The summed E-state index contributed by atoms with van der Waals surface area (Å²) < 4.78 is 1.13. The van der Waals surface area contributed by atoms with E-state index in [9.17, 15) is 4.79 Å². The Labute approximate surface area is 168 Å². The van der Waals surface area contributed by atoms with E-state index in [1.807, 2.05) is 28.5 Å². The Kier molecular flexibility index (Phi) is 6.42. The Morgan fingerprint density at radius 3 is 2.78 bits per heavy atom. The van der Waals surface area contributed by atoms with Gasteiger partial charge in [0.15, 0.2) is 5.13 Å². The van der Waals surface area contributed by atoms with E-state index in [0.717, 1.165) is 33.2 Å². The number of hydrogen-bond acceptors (Lipinski definition) is 4. The summed E-state index contributed by atoms with van der Waals surface area (Å²) in [6.45, 7) is 5.89. The molecule has 4 nitrogen and oxygen atoms in total. The predicted molar refractivity (Wildman–Crippen MR) is 117 cm³/mol. The Hall–Kier alpha value is -2.02.